The predicted molar refractivity (Wildman–Crippen MR) is 215 cm³/mol. The molecule has 49 heavy (non-hydrogen) atoms. The number of anilines is 3. The average molecular weight is 660 g/mol. The highest BCUT2D eigenvalue weighted by molar-refractivity contribution is 7.26. The number of benzene rings is 8. The topological polar surface area (TPSA) is 3.24 Å². The Morgan fingerprint density at radius 3 is 1.69 bits per heavy atom. The molecular weight excluding hydrogens is 631 g/mol. The van der Waals surface area contributed by atoms with E-state index >= 15 is 0 Å². The van der Waals surface area contributed by atoms with Gasteiger partial charge in [0, 0.05) is 51.7 Å². The SMILES string of the molecule is c1ccc(-c2ccc(N(c3ccc(-c4cccc5sc6cc7ccccc7cc6c45)cc3)c3cccc4sc5ccccc5c34)cc2)cc1. The molecule has 0 aliphatic heterocycles. The second-order valence-corrected chi connectivity index (χ2v) is 14.7. The van der Waals surface area contributed by atoms with Crippen LogP contribution in [0.4, 0.5) is 17.1 Å². The highest BCUT2D eigenvalue weighted by atomic mass is 32.1. The largest absolute Gasteiger partial charge is 0.310 e. The molecule has 0 amide bonds. The van der Waals surface area contributed by atoms with Gasteiger partial charge in [-0.1, -0.05) is 115 Å². The van der Waals surface area contributed by atoms with Crippen molar-refractivity contribution in [2.45, 2.75) is 0 Å². The number of thiophene rings is 2. The van der Waals surface area contributed by atoms with Gasteiger partial charge in [0.05, 0.1) is 5.69 Å². The molecule has 0 N–H and O–H groups in total. The summed E-state index contributed by atoms with van der Waals surface area (Å²) in [4.78, 5) is 2.42. The standard InChI is InChI=1S/C46H29NS2/c1-2-10-30(11-3-1)31-20-24-35(25-21-31)47(40-16-9-19-43-46(40)38-14-6-7-17-41(38)48-43)36-26-22-32(23-27-36)37-15-8-18-42-45(37)39-28-33-12-4-5-13-34(33)29-44(39)49-42/h1-29H. The van der Waals surface area contributed by atoms with Gasteiger partial charge < -0.3 is 4.90 Å². The van der Waals surface area contributed by atoms with Crippen LogP contribution in [0.5, 0.6) is 0 Å². The molecule has 0 atom stereocenters. The number of hydrogen-bond acceptors (Lipinski definition) is 3. The lowest BCUT2D eigenvalue weighted by Gasteiger charge is -2.27. The third-order valence-electron chi connectivity index (χ3n) is 9.65. The van der Waals surface area contributed by atoms with Crippen LogP contribution in [-0.4, -0.2) is 0 Å². The Morgan fingerprint density at radius 1 is 0.347 bits per heavy atom. The Balaban J connectivity index is 1.13. The summed E-state index contributed by atoms with van der Waals surface area (Å²) in [5, 5.41) is 7.82. The van der Waals surface area contributed by atoms with E-state index in [0.717, 1.165) is 11.4 Å². The normalized spacial score (nSPS) is 11.7. The summed E-state index contributed by atoms with van der Waals surface area (Å²) >= 11 is 3.74. The van der Waals surface area contributed by atoms with Crippen molar-refractivity contribution in [2.24, 2.45) is 0 Å². The van der Waals surface area contributed by atoms with E-state index in [1.54, 1.807) is 0 Å². The third-order valence-corrected chi connectivity index (χ3v) is 11.9. The zero-order chi connectivity index (χ0) is 32.3. The molecule has 3 heteroatoms. The summed E-state index contributed by atoms with van der Waals surface area (Å²) < 4.78 is 5.26. The van der Waals surface area contributed by atoms with Crippen LogP contribution in [0, 0.1) is 0 Å². The lowest BCUT2D eigenvalue weighted by Crippen LogP contribution is -2.10. The van der Waals surface area contributed by atoms with E-state index in [9.17, 15) is 0 Å². The van der Waals surface area contributed by atoms with Crippen molar-refractivity contribution in [1.29, 1.82) is 0 Å². The number of fused-ring (bicyclic) bond motifs is 7. The van der Waals surface area contributed by atoms with E-state index in [2.05, 4.69) is 181 Å². The van der Waals surface area contributed by atoms with Crippen LogP contribution in [0.15, 0.2) is 176 Å². The molecule has 0 aliphatic rings. The van der Waals surface area contributed by atoms with Crippen molar-refractivity contribution in [3.05, 3.63) is 176 Å². The van der Waals surface area contributed by atoms with Crippen LogP contribution in [0.1, 0.15) is 0 Å². The van der Waals surface area contributed by atoms with Gasteiger partial charge in [-0.25, -0.2) is 0 Å². The van der Waals surface area contributed by atoms with Crippen LogP contribution < -0.4 is 4.90 Å². The van der Waals surface area contributed by atoms with E-state index in [0.29, 0.717) is 0 Å². The van der Waals surface area contributed by atoms with Crippen LogP contribution in [0.3, 0.4) is 0 Å². The Morgan fingerprint density at radius 2 is 0.918 bits per heavy atom. The minimum Gasteiger partial charge on any atom is -0.310 e. The van der Waals surface area contributed by atoms with Gasteiger partial charge in [0.1, 0.15) is 0 Å². The van der Waals surface area contributed by atoms with Crippen molar-refractivity contribution in [3.8, 4) is 22.3 Å². The molecule has 0 fully saturated rings. The van der Waals surface area contributed by atoms with E-state index < -0.39 is 0 Å². The van der Waals surface area contributed by atoms with Crippen LogP contribution in [0.25, 0.3) is 73.4 Å². The van der Waals surface area contributed by atoms with Gasteiger partial charge in [0.2, 0.25) is 0 Å². The molecule has 10 aromatic rings. The van der Waals surface area contributed by atoms with Gasteiger partial charge in [0.15, 0.2) is 0 Å². The molecular formula is C46H29NS2. The van der Waals surface area contributed by atoms with Gasteiger partial charge in [-0.15, -0.1) is 22.7 Å². The van der Waals surface area contributed by atoms with Crippen molar-refractivity contribution in [1.82, 2.24) is 0 Å². The highest BCUT2D eigenvalue weighted by Crippen LogP contribution is 2.46. The molecule has 0 unspecified atom stereocenters. The third kappa shape index (κ3) is 4.74. The Kier molecular flexibility index (Phi) is 6.61. The van der Waals surface area contributed by atoms with Crippen LogP contribution in [0.2, 0.25) is 0 Å². The Bertz CT molecular complexity index is 2810. The molecule has 0 saturated carbocycles. The molecule has 1 nitrogen and oxygen atoms in total. The van der Waals surface area contributed by atoms with E-state index in [1.165, 1.54) is 79.1 Å². The molecule has 2 aromatic heterocycles. The van der Waals surface area contributed by atoms with Gasteiger partial charge in [-0.2, -0.15) is 0 Å². The number of nitrogens with zero attached hydrogens (tertiary/aromatic N) is 1. The van der Waals surface area contributed by atoms with Gasteiger partial charge in [-0.05, 0) is 93.7 Å². The lowest BCUT2D eigenvalue weighted by molar-refractivity contribution is 1.30. The molecule has 10 rings (SSSR count). The summed E-state index contributed by atoms with van der Waals surface area (Å²) in [5.74, 6) is 0. The predicted octanol–water partition coefficient (Wildman–Crippen LogP) is 14.4. The minimum atomic E-state index is 1.13. The van der Waals surface area contributed by atoms with Crippen molar-refractivity contribution in [3.63, 3.8) is 0 Å². The maximum absolute atomic E-state index is 2.42. The second-order valence-electron chi connectivity index (χ2n) is 12.5. The maximum atomic E-state index is 2.42. The fourth-order valence-corrected chi connectivity index (χ4v) is 9.63. The smallest absolute Gasteiger partial charge is 0.0554 e. The average Bonchev–Trinajstić information content (AvgIpc) is 3.73. The summed E-state index contributed by atoms with van der Waals surface area (Å²) in [5.41, 5.74) is 8.38. The first-order valence-corrected chi connectivity index (χ1v) is 18.2. The lowest BCUT2D eigenvalue weighted by atomic mass is 9.98. The fourth-order valence-electron chi connectivity index (χ4n) is 7.35. The monoisotopic (exact) mass is 659 g/mol. The molecule has 0 bridgehead atoms. The number of rotatable bonds is 5. The van der Waals surface area contributed by atoms with Gasteiger partial charge >= 0.3 is 0 Å². The first-order chi connectivity index (χ1) is 24.3. The molecule has 230 valence electrons. The van der Waals surface area contributed by atoms with Crippen molar-refractivity contribution < 1.29 is 0 Å². The summed E-state index contributed by atoms with van der Waals surface area (Å²) in [6.45, 7) is 0. The van der Waals surface area contributed by atoms with E-state index in [-0.39, 0.29) is 0 Å². The van der Waals surface area contributed by atoms with Crippen molar-refractivity contribution >= 4 is 90.9 Å². The number of hydrogen-bond donors (Lipinski definition) is 0. The van der Waals surface area contributed by atoms with Gasteiger partial charge in [0.25, 0.3) is 0 Å². The van der Waals surface area contributed by atoms with Crippen molar-refractivity contribution in [2.75, 3.05) is 4.90 Å². The molecule has 8 aromatic carbocycles. The Hall–Kier alpha value is -5.74. The Labute approximate surface area is 292 Å². The fraction of sp³-hybridized carbons (Fsp3) is 0. The summed E-state index contributed by atoms with van der Waals surface area (Å²) in [6, 6.07) is 64.4. The zero-order valence-electron chi connectivity index (χ0n) is 26.5. The highest BCUT2D eigenvalue weighted by Gasteiger charge is 2.19. The minimum absolute atomic E-state index is 1.13. The van der Waals surface area contributed by atoms with E-state index in [1.807, 2.05) is 22.7 Å². The summed E-state index contributed by atoms with van der Waals surface area (Å²) in [6.07, 6.45) is 0. The molecule has 0 saturated heterocycles. The molecule has 2 heterocycles. The van der Waals surface area contributed by atoms with E-state index in [4.69, 9.17) is 0 Å². The first kappa shape index (κ1) is 28.3. The molecule has 0 radical (unpaired) electrons. The quantitative estimate of drug-likeness (QED) is 0.178. The van der Waals surface area contributed by atoms with Crippen LogP contribution in [-0.2, 0) is 0 Å². The maximum Gasteiger partial charge on any atom is 0.0554 e. The summed E-state index contributed by atoms with van der Waals surface area (Å²) in [7, 11) is 0. The molecule has 0 aliphatic carbocycles. The van der Waals surface area contributed by atoms with Gasteiger partial charge in [-0.3, -0.25) is 0 Å². The molecule has 0 spiro atoms. The zero-order valence-corrected chi connectivity index (χ0v) is 28.1. The second kappa shape index (κ2) is 11.5. The van der Waals surface area contributed by atoms with Crippen LogP contribution >= 0.6 is 22.7 Å². The first-order valence-electron chi connectivity index (χ1n) is 16.6.